The maximum Gasteiger partial charge on any atom is 0.213 e. The van der Waals surface area contributed by atoms with Crippen molar-refractivity contribution in [2.24, 2.45) is 0 Å². The quantitative estimate of drug-likeness (QED) is 0.387. The lowest BCUT2D eigenvalue weighted by atomic mass is 10.2. The summed E-state index contributed by atoms with van der Waals surface area (Å²) in [5.41, 5.74) is 4.42. The Hall–Kier alpha value is -1.50. The van der Waals surface area contributed by atoms with Crippen molar-refractivity contribution in [3.63, 3.8) is 0 Å². The minimum absolute atomic E-state index is 0. The predicted molar refractivity (Wildman–Crippen MR) is 104 cm³/mol. The van der Waals surface area contributed by atoms with E-state index in [1.807, 2.05) is 22.8 Å². The first-order valence-corrected chi connectivity index (χ1v) is 8.49. The van der Waals surface area contributed by atoms with Crippen LogP contribution in [0.2, 0.25) is 0 Å². The van der Waals surface area contributed by atoms with Crippen LogP contribution in [0, 0.1) is 6.92 Å². The van der Waals surface area contributed by atoms with E-state index in [2.05, 4.69) is 69.3 Å². The van der Waals surface area contributed by atoms with Crippen LogP contribution in [0.5, 0.6) is 0 Å². The molecule has 2 aromatic carbocycles. The Bertz CT molecular complexity index is 834. The zero-order valence-electron chi connectivity index (χ0n) is 12.2. The van der Waals surface area contributed by atoms with E-state index < -0.39 is 0 Å². The van der Waals surface area contributed by atoms with Gasteiger partial charge in [0.1, 0.15) is 5.01 Å². The van der Waals surface area contributed by atoms with Crippen LogP contribution in [-0.2, 0) is 0 Å². The average Bonchev–Trinajstić information content (AvgIpc) is 3.07. The lowest BCUT2D eigenvalue weighted by Gasteiger charge is -1.97. The molecule has 4 rings (SSSR count). The fourth-order valence-electron chi connectivity index (χ4n) is 2.27. The molecule has 3 nitrogen and oxygen atoms in total. The largest absolute Gasteiger partial charge is 0.217 e. The Labute approximate surface area is 156 Å². The zero-order chi connectivity index (χ0) is 15.1. The van der Waals surface area contributed by atoms with Crippen molar-refractivity contribution in [1.29, 1.82) is 0 Å². The molecule has 0 N–H and O–H groups in total. The Morgan fingerprint density at radius 1 is 0.957 bits per heavy atom. The molecule has 4 aromatic rings. The number of halogens is 2. The fraction of sp³-hybridized carbons (Fsp3) is 0.0588. The molecule has 0 spiro atoms. The van der Waals surface area contributed by atoms with Crippen molar-refractivity contribution in [3.05, 3.63) is 64.8 Å². The third kappa shape index (κ3) is 3.24. The van der Waals surface area contributed by atoms with Crippen LogP contribution in [0.15, 0.2) is 59.2 Å². The second-order valence-corrected chi connectivity index (χ2v) is 7.01. The van der Waals surface area contributed by atoms with E-state index in [1.54, 1.807) is 11.3 Å². The third-order valence-electron chi connectivity index (χ3n) is 3.48. The number of aromatic nitrogens is 3. The summed E-state index contributed by atoms with van der Waals surface area (Å²) in [7, 11) is 0. The lowest BCUT2D eigenvalue weighted by Crippen LogP contribution is -1.83. The molecule has 116 valence electrons. The maximum absolute atomic E-state index is 4.68. The van der Waals surface area contributed by atoms with Gasteiger partial charge in [0, 0.05) is 15.6 Å². The minimum atomic E-state index is 0. The number of aryl methyl sites for hydroxylation is 1. The van der Waals surface area contributed by atoms with E-state index in [0.717, 1.165) is 31.3 Å². The highest BCUT2D eigenvalue weighted by molar-refractivity contribution is 9.10. The Morgan fingerprint density at radius 2 is 1.61 bits per heavy atom. The van der Waals surface area contributed by atoms with Crippen molar-refractivity contribution in [1.82, 2.24) is 14.6 Å². The Balaban J connectivity index is 0.00000156. The molecule has 2 heterocycles. The van der Waals surface area contributed by atoms with E-state index in [9.17, 15) is 0 Å². The van der Waals surface area contributed by atoms with E-state index >= 15 is 0 Å². The SMILES string of the molecule is Br.Cc1ccc(-c2nn3cc(-c4ccc(Br)cc4)nc3s2)cc1. The first-order valence-electron chi connectivity index (χ1n) is 6.88. The van der Waals surface area contributed by atoms with Crippen LogP contribution in [0.4, 0.5) is 0 Å². The summed E-state index contributed by atoms with van der Waals surface area (Å²) in [5, 5.41) is 5.63. The number of nitrogens with zero attached hydrogens (tertiary/aromatic N) is 3. The fourth-order valence-corrected chi connectivity index (χ4v) is 3.42. The summed E-state index contributed by atoms with van der Waals surface area (Å²) in [5.74, 6) is 0. The van der Waals surface area contributed by atoms with Crippen molar-refractivity contribution in [3.8, 4) is 21.8 Å². The Kier molecular flexibility index (Phi) is 4.66. The predicted octanol–water partition coefficient (Wildman–Crippen LogP) is 5.77. The molecule has 23 heavy (non-hydrogen) atoms. The first kappa shape index (κ1) is 16.4. The molecule has 0 aliphatic rings. The smallest absolute Gasteiger partial charge is 0.213 e. The molecule has 0 amide bonds. The number of benzene rings is 2. The number of imidazole rings is 1. The molecule has 0 radical (unpaired) electrons. The maximum atomic E-state index is 4.68. The monoisotopic (exact) mass is 449 g/mol. The van der Waals surface area contributed by atoms with Gasteiger partial charge in [0.15, 0.2) is 0 Å². The standard InChI is InChI=1S/C17H12BrN3S.BrH/c1-11-2-4-13(5-3-11)16-20-21-10-15(19-17(21)22-16)12-6-8-14(18)9-7-12;/h2-10H,1H3;1H. The van der Waals surface area contributed by atoms with Gasteiger partial charge in [-0.1, -0.05) is 69.2 Å². The van der Waals surface area contributed by atoms with Crippen molar-refractivity contribution in [2.45, 2.75) is 6.92 Å². The van der Waals surface area contributed by atoms with E-state index in [-0.39, 0.29) is 17.0 Å². The first-order chi connectivity index (χ1) is 10.7. The highest BCUT2D eigenvalue weighted by Crippen LogP contribution is 2.28. The Morgan fingerprint density at radius 3 is 2.26 bits per heavy atom. The molecule has 0 aliphatic carbocycles. The molecule has 0 saturated heterocycles. The molecule has 0 fully saturated rings. The van der Waals surface area contributed by atoms with Gasteiger partial charge < -0.3 is 0 Å². The summed E-state index contributed by atoms with van der Waals surface area (Å²) in [4.78, 5) is 5.59. The van der Waals surface area contributed by atoms with Gasteiger partial charge in [-0.3, -0.25) is 0 Å². The van der Waals surface area contributed by atoms with Gasteiger partial charge in [-0.05, 0) is 19.1 Å². The van der Waals surface area contributed by atoms with Gasteiger partial charge in [-0.25, -0.2) is 9.50 Å². The normalized spacial score (nSPS) is 10.7. The summed E-state index contributed by atoms with van der Waals surface area (Å²) in [6, 6.07) is 16.6. The van der Waals surface area contributed by atoms with Gasteiger partial charge in [0.25, 0.3) is 0 Å². The second-order valence-electron chi connectivity index (χ2n) is 5.13. The van der Waals surface area contributed by atoms with E-state index in [4.69, 9.17) is 0 Å². The molecule has 0 unspecified atom stereocenters. The minimum Gasteiger partial charge on any atom is -0.217 e. The van der Waals surface area contributed by atoms with Crippen molar-refractivity contribution >= 4 is 49.2 Å². The number of hydrogen-bond donors (Lipinski definition) is 0. The molecule has 0 saturated carbocycles. The van der Waals surface area contributed by atoms with E-state index in [0.29, 0.717) is 0 Å². The van der Waals surface area contributed by atoms with Crippen molar-refractivity contribution < 1.29 is 0 Å². The number of fused-ring (bicyclic) bond motifs is 1. The topological polar surface area (TPSA) is 30.2 Å². The van der Waals surface area contributed by atoms with Crippen LogP contribution in [0.1, 0.15) is 5.56 Å². The van der Waals surface area contributed by atoms with Gasteiger partial charge in [0.05, 0.1) is 11.9 Å². The van der Waals surface area contributed by atoms with Gasteiger partial charge in [-0.15, -0.1) is 17.0 Å². The molecular formula is C17H13Br2N3S. The summed E-state index contributed by atoms with van der Waals surface area (Å²) in [6.45, 7) is 2.09. The lowest BCUT2D eigenvalue weighted by molar-refractivity contribution is 0.978. The molecule has 6 heteroatoms. The van der Waals surface area contributed by atoms with E-state index in [1.165, 1.54) is 5.56 Å². The van der Waals surface area contributed by atoms with Gasteiger partial charge in [-0.2, -0.15) is 5.10 Å². The molecule has 2 aromatic heterocycles. The van der Waals surface area contributed by atoms with Crippen LogP contribution < -0.4 is 0 Å². The summed E-state index contributed by atoms with van der Waals surface area (Å²) >= 11 is 5.06. The third-order valence-corrected chi connectivity index (χ3v) is 4.98. The molecular weight excluding hydrogens is 438 g/mol. The number of rotatable bonds is 2. The van der Waals surface area contributed by atoms with Gasteiger partial charge in [0.2, 0.25) is 4.96 Å². The van der Waals surface area contributed by atoms with Crippen molar-refractivity contribution in [2.75, 3.05) is 0 Å². The molecule has 0 aliphatic heterocycles. The van der Waals surface area contributed by atoms with Crippen LogP contribution in [0.3, 0.4) is 0 Å². The highest BCUT2D eigenvalue weighted by atomic mass is 79.9. The van der Waals surface area contributed by atoms with Crippen LogP contribution in [0.25, 0.3) is 26.8 Å². The molecule has 0 atom stereocenters. The van der Waals surface area contributed by atoms with Gasteiger partial charge >= 0.3 is 0 Å². The molecule has 0 bridgehead atoms. The second kappa shape index (κ2) is 6.55. The summed E-state index contributed by atoms with van der Waals surface area (Å²) < 4.78 is 2.93. The average molecular weight is 451 g/mol. The summed E-state index contributed by atoms with van der Waals surface area (Å²) in [6.07, 6.45) is 1.98. The number of hydrogen-bond acceptors (Lipinski definition) is 3. The zero-order valence-corrected chi connectivity index (χ0v) is 16.3. The van der Waals surface area contributed by atoms with Crippen LogP contribution >= 0.6 is 44.2 Å². The highest BCUT2D eigenvalue weighted by Gasteiger charge is 2.10. The van der Waals surface area contributed by atoms with Crippen LogP contribution in [-0.4, -0.2) is 14.6 Å².